The smallest absolute Gasteiger partial charge is 0.335 e. The summed E-state index contributed by atoms with van der Waals surface area (Å²) in [6, 6.07) is 5.05. The summed E-state index contributed by atoms with van der Waals surface area (Å²) in [5.41, 5.74) is -1.96. The van der Waals surface area contributed by atoms with Crippen LogP contribution in [0.3, 0.4) is 0 Å². The molecular formula is C23H31F3N6S. The molecule has 1 aromatic carbocycles. The zero-order valence-corrected chi connectivity index (χ0v) is 20.6. The van der Waals surface area contributed by atoms with Gasteiger partial charge in [0.1, 0.15) is 5.84 Å². The average Bonchev–Trinajstić information content (AvgIpc) is 2.89. The van der Waals surface area contributed by atoms with Crippen LogP contribution in [0.15, 0.2) is 18.2 Å². The van der Waals surface area contributed by atoms with Crippen molar-refractivity contribution in [2.24, 2.45) is 0 Å². The number of benzene rings is 1. The Morgan fingerprint density at radius 3 is 2.21 bits per heavy atom. The normalized spacial score (nSPS) is 20.5. The molecule has 0 spiro atoms. The number of halogens is 3. The first-order chi connectivity index (χ1) is 15.2. The van der Waals surface area contributed by atoms with Crippen LogP contribution in [0.5, 0.6) is 0 Å². The Bertz CT molecular complexity index is 968. The number of nitrogens with zero attached hydrogens (tertiary/aromatic N) is 5. The number of piperazine rings is 1. The van der Waals surface area contributed by atoms with Crippen LogP contribution >= 0.6 is 12.2 Å². The topological polar surface area (TPSA) is 60.6 Å². The summed E-state index contributed by atoms with van der Waals surface area (Å²) in [5.74, 6) is 0.114. The van der Waals surface area contributed by atoms with Gasteiger partial charge in [-0.2, -0.15) is 18.4 Å². The lowest BCUT2D eigenvalue weighted by molar-refractivity contribution is -0.137. The molecule has 1 N–H and O–H groups in total. The van der Waals surface area contributed by atoms with E-state index in [9.17, 15) is 13.2 Å². The van der Waals surface area contributed by atoms with Gasteiger partial charge in [0.05, 0.1) is 28.4 Å². The van der Waals surface area contributed by atoms with Crippen molar-refractivity contribution in [3.8, 4) is 6.07 Å². The second kappa shape index (κ2) is 8.85. The predicted octanol–water partition coefficient (Wildman–Crippen LogP) is 4.16. The molecule has 2 aliphatic heterocycles. The first kappa shape index (κ1) is 25.4. The van der Waals surface area contributed by atoms with Crippen LogP contribution in [-0.4, -0.2) is 76.0 Å². The van der Waals surface area contributed by atoms with Gasteiger partial charge < -0.3 is 4.90 Å². The molecule has 1 aromatic rings. The summed E-state index contributed by atoms with van der Waals surface area (Å²) in [4.78, 5) is 8.10. The van der Waals surface area contributed by atoms with E-state index in [1.807, 2.05) is 18.7 Å². The Morgan fingerprint density at radius 1 is 1.09 bits per heavy atom. The molecule has 180 valence electrons. The van der Waals surface area contributed by atoms with Crippen molar-refractivity contribution in [2.45, 2.75) is 51.9 Å². The van der Waals surface area contributed by atoms with Gasteiger partial charge in [0, 0.05) is 44.8 Å². The van der Waals surface area contributed by atoms with Crippen molar-refractivity contribution in [1.82, 2.24) is 14.7 Å². The van der Waals surface area contributed by atoms with Crippen molar-refractivity contribution < 1.29 is 13.2 Å². The molecule has 0 aromatic heterocycles. The molecular weight excluding hydrogens is 449 g/mol. The van der Waals surface area contributed by atoms with Crippen LogP contribution in [0.4, 0.5) is 18.9 Å². The molecule has 6 nitrogen and oxygen atoms in total. The van der Waals surface area contributed by atoms with Crippen LogP contribution < -0.4 is 4.90 Å². The van der Waals surface area contributed by atoms with Gasteiger partial charge in [-0.1, -0.05) is 0 Å². The molecule has 2 aliphatic rings. The number of hydrogen-bond donors (Lipinski definition) is 1. The van der Waals surface area contributed by atoms with Crippen LogP contribution in [0.1, 0.15) is 45.7 Å². The number of nitriles is 1. The zero-order chi connectivity index (χ0) is 24.8. The van der Waals surface area contributed by atoms with Gasteiger partial charge in [0.2, 0.25) is 0 Å². The second-order valence-corrected chi connectivity index (χ2v) is 10.4. The molecule has 0 aliphatic carbocycles. The van der Waals surface area contributed by atoms with Crippen molar-refractivity contribution in [2.75, 3.05) is 44.2 Å². The minimum absolute atomic E-state index is 0.114. The minimum atomic E-state index is -4.67. The van der Waals surface area contributed by atoms with Crippen molar-refractivity contribution in [1.29, 1.82) is 10.7 Å². The Balaban J connectivity index is 1.76. The highest BCUT2D eigenvalue weighted by Crippen LogP contribution is 2.37. The number of nitrogens with one attached hydrogen (secondary N) is 1. The standard InChI is InChI=1S/C23H31F3N6S/c1-21(2,3)30-11-8-29(9-12-30)10-13-31-20(33)32(19(28)22(31,4)5)17-7-6-16(15-27)18(14-17)23(24,25)26/h6-7,14,28H,8-13H2,1-5H3. The van der Waals surface area contributed by atoms with E-state index in [-0.39, 0.29) is 17.1 Å². The second-order valence-electron chi connectivity index (χ2n) is 10.0. The van der Waals surface area contributed by atoms with Crippen molar-refractivity contribution in [3.63, 3.8) is 0 Å². The van der Waals surface area contributed by atoms with E-state index in [4.69, 9.17) is 22.9 Å². The Hall–Kier alpha value is -2.22. The molecule has 10 heteroatoms. The number of alkyl halides is 3. The van der Waals surface area contributed by atoms with E-state index in [1.165, 1.54) is 11.0 Å². The monoisotopic (exact) mass is 480 g/mol. The quantitative estimate of drug-likeness (QED) is 0.654. The molecule has 0 radical (unpaired) electrons. The summed E-state index contributed by atoms with van der Waals surface area (Å²) in [7, 11) is 0. The van der Waals surface area contributed by atoms with Crippen LogP contribution in [-0.2, 0) is 6.18 Å². The van der Waals surface area contributed by atoms with Gasteiger partial charge in [-0.3, -0.25) is 20.1 Å². The van der Waals surface area contributed by atoms with Crippen molar-refractivity contribution in [3.05, 3.63) is 29.3 Å². The SMILES string of the molecule is CC(C)(C)N1CCN(CCN2C(=S)N(c3ccc(C#N)c(C(F)(F)F)c3)C(=N)C2(C)C)CC1. The number of anilines is 1. The molecule has 0 bridgehead atoms. The first-order valence-corrected chi connectivity index (χ1v) is 11.4. The lowest BCUT2D eigenvalue weighted by atomic mass is 10.0. The van der Waals surface area contributed by atoms with E-state index in [0.717, 1.165) is 44.9 Å². The Kier molecular flexibility index (Phi) is 6.82. The third-order valence-electron chi connectivity index (χ3n) is 6.55. The summed E-state index contributed by atoms with van der Waals surface area (Å²) in [6.45, 7) is 15.5. The van der Waals surface area contributed by atoms with Gasteiger partial charge in [-0.05, 0) is 65.0 Å². The summed E-state index contributed by atoms with van der Waals surface area (Å²) in [6.07, 6.45) is -4.67. The number of amidine groups is 1. The van der Waals surface area contributed by atoms with Gasteiger partial charge in [-0.25, -0.2) is 0 Å². The summed E-state index contributed by atoms with van der Waals surface area (Å²) >= 11 is 5.64. The molecule has 2 heterocycles. The highest BCUT2D eigenvalue weighted by molar-refractivity contribution is 7.80. The molecule has 0 unspecified atom stereocenters. The highest BCUT2D eigenvalue weighted by atomic mass is 32.1. The molecule has 2 saturated heterocycles. The van der Waals surface area contributed by atoms with E-state index < -0.39 is 22.8 Å². The van der Waals surface area contributed by atoms with Crippen LogP contribution in [0.2, 0.25) is 0 Å². The fourth-order valence-corrected chi connectivity index (χ4v) is 4.87. The third-order valence-corrected chi connectivity index (χ3v) is 6.95. The van der Waals surface area contributed by atoms with E-state index >= 15 is 0 Å². The number of rotatable bonds is 4. The van der Waals surface area contributed by atoms with E-state index in [1.54, 1.807) is 6.07 Å². The summed E-state index contributed by atoms with van der Waals surface area (Å²) < 4.78 is 40.4. The maximum atomic E-state index is 13.5. The number of hydrogen-bond acceptors (Lipinski definition) is 5. The summed E-state index contributed by atoms with van der Waals surface area (Å²) in [5, 5.41) is 18.1. The maximum Gasteiger partial charge on any atom is 0.417 e. The lowest BCUT2D eigenvalue weighted by Crippen LogP contribution is -2.55. The van der Waals surface area contributed by atoms with Crippen LogP contribution in [0, 0.1) is 16.7 Å². The third kappa shape index (κ3) is 5.00. The van der Waals surface area contributed by atoms with E-state index in [0.29, 0.717) is 11.7 Å². The fourth-order valence-electron chi connectivity index (χ4n) is 4.36. The predicted molar refractivity (Wildman–Crippen MR) is 128 cm³/mol. The fraction of sp³-hybridized carbons (Fsp3) is 0.609. The largest absolute Gasteiger partial charge is 0.417 e. The maximum absolute atomic E-state index is 13.5. The van der Waals surface area contributed by atoms with Gasteiger partial charge >= 0.3 is 6.18 Å². The van der Waals surface area contributed by atoms with Gasteiger partial charge in [0.25, 0.3) is 0 Å². The highest BCUT2D eigenvalue weighted by Gasteiger charge is 2.47. The van der Waals surface area contributed by atoms with Gasteiger partial charge in [-0.15, -0.1) is 0 Å². The lowest BCUT2D eigenvalue weighted by Gasteiger charge is -2.43. The number of thiocarbonyl (C=S) groups is 1. The molecule has 0 atom stereocenters. The molecule has 2 fully saturated rings. The van der Waals surface area contributed by atoms with Gasteiger partial charge in [0.15, 0.2) is 5.11 Å². The zero-order valence-electron chi connectivity index (χ0n) is 19.8. The Morgan fingerprint density at radius 2 is 1.70 bits per heavy atom. The minimum Gasteiger partial charge on any atom is -0.335 e. The Labute approximate surface area is 199 Å². The van der Waals surface area contributed by atoms with Crippen molar-refractivity contribution >= 4 is 28.9 Å². The molecule has 0 saturated carbocycles. The molecule has 0 amide bonds. The molecule has 33 heavy (non-hydrogen) atoms. The van der Waals surface area contributed by atoms with E-state index in [2.05, 4.69) is 30.6 Å². The average molecular weight is 481 g/mol. The van der Waals surface area contributed by atoms with Crippen LogP contribution in [0.25, 0.3) is 0 Å². The first-order valence-electron chi connectivity index (χ1n) is 11.0. The molecule has 3 rings (SSSR count).